The van der Waals surface area contributed by atoms with Crippen molar-refractivity contribution in [2.24, 2.45) is 0 Å². The molecular formula is C22H22N4O4. The van der Waals surface area contributed by atoms with Crippen LogP contribution in [-0.2, 0) is 25.5 Å². The van der Waals surface area contributed by atoms with Gasteiger partial charge in [-0.1, -0.05) is 19.1 Å². The minimum absolute atomic E-state index is 0.200. The number of aromatic nitrogens is 3. The van der Waals surface area contributed by atoms with Crippen molar-refractivity contribution in [1.82, 2.24) is 15.0 Å². The van der Waals surface area contributed by atoms with E-state index in [1.54, 1.807) is 4.80 Å². The van der Waals surface area contributed by atoms with E-state index in [1.165, 1.54) is 25.6 Å². The van der Waals surface area contributed by atoms with Crippen LogP contribution in [0.25, 0.3) is 16.7 Å². The number of anilines is 1. The van der Waals surface area contributed by atoms with Crippen molar-refractivity contribution in [2.75, 3.05) is 5.32 Å². The second-order valence-corrected chi connectivity index (χ2v) is 7.55. The molecule has 4 rings (SSSR count). The van der Waals surface area contributed by atoms with E-state index in [1.807, 2.05) is 31.2 Å². The molecule has 0 spiro atoms. The first-order valence-electron chi connectivity index (χ1n) is 9.66. The number of hydrogen-bond donors (Lipinski definition) is 1. The van der Waals surface area contributed by atoms with Crippen LogP contribution in [0.2, 0.25) is 0 Å². The third-order valence-electron chi connectivity index (χ3n) is 4.79. The highest BCUT2D eigenvalue weighted by Crippen LogP contribution is 2.25. The lowest BCUT2D eigenvalue weighted by atomic mass is 10.1. The monoisotopic (exact) mass is 406 g/mol. The lowest BCUT2D eigenvalue weighted by Gasteiger charge is -2.29. The predicted molar refractivity (Wildman–Crippen MR) is 111 cm³/mol. The van der Waals surface area contributed by atoms with Crippen molar-refractivity contribution >= 4 is 28.7 Å². The molecule has 0 amide bonds. The maximum atomic E-state index is 12.1. The second kappa shape index (κ2) is 7.29. The maximum Gasteiger partial charge on any atom is 0.350 e. The largest absolute Gasteiger partial charge is 0.419 e. The van der Waals surface area contributed by atoms with E-state index >= 15 is 0 Å². The summed E-state index contributed by atoms with van der Waals surface area (Å²) in [6, 6.07) is 11.8. The Kier molecular flexibility index (Phi) is 4.77. The Morgan fingerprint density at radius 1 is 1.03 bits per heavy atom. The zero-order chi connectivity index (χ0) is 21.5. The van der Waals surface area contributed by atoms with Gasteiger partial charge in [0.1, 0.15) is 11.0 Å². The van der Waals surface area contributed by atoms with Crippen LogP contribution in [0, 0.1) is 6.92 Å². The number of rotatable bonds is 4. The zero-order valence-electron chi connectivity index (χ0n) is 17.2. The molecule has 0 saturated carbocycles. The van der Waals surface area contributed by atoms with Crippen molar-refractivity contribution in [3.8, 4) is 5.69 Å². The molecule has 2 heterocycles. The molecule has 0 radical (unpaired) electrons. The van der Waals surface area contributed by atoms with E-state index in [2.05, 4.69) is 34.6 Å². The molecule has 1 saturated heterocycles. The average molecular weight is 406 g/mol. The van der Waals surface area contributed by atoms with Gasteiger partial charge in [-0.2, -0.15) is 4.80 Å². The topological polar surface area (TPSA) is 95.3 Å². The summed E-state index contributed by atoms with van der Waals surface area (Å²) in [4.78, 5) is 25.8. The Bertz CT molecular complexity index is 1150. The van der Waals surface area contributed by atoms with Crippen LogP contribution >= 0.6 is 0 Å². The van der Waals surface area contributed by atoms with Gasteiger partial charge in [0.05, 0.1) is 5.69 Å². The number of carbonyl (C=O) groups excluding carboxylic acids is 2. The summed E-state index contributed by atoms with van der Waals surface area (Å²) in [5.74, 6) is -2.73. The SMILES string of the molecule is CCc1ccc(-n2nc3cc(C)c(NC=C4C(=O)OC(C)(C)OC4=O)cc3n2)cc1. The lowest BCUT2D eigenvalue weighted by Crippen LogP contribution is -2.42. The number of hydrogen-bond acceptors (Lipinski definition) is 7. The van der Waals surface area contributed by atoms with Crippen molar-refractivity contribution < 1.29 is 19.1 Å². The van der Waals surface area contributed by atoms with Gasteiger partial charge in [-0.15, -0.1) is 10.2 Å². The fraction of sp³-hybridized carbons (Fsp3) is 0.273. The Morgan fingerprint density at radius 2 is 1.63 bits per heavy atom. The number of carbonyl (C=O) groups is 2. The first-order chi connectivity index (χ1) is 14.3. The summed E-state index contributed by atoms with van der Waals surface area (Å²) in [6.07, 6.45) is 2.26. The maximum absolute atomic E-state index is 12.1. The Labute approximate surface area is 173 Å². The summed E-state index contributed by atoms with van der Waals surface area (Å²) < 4.78 is 10.2. The molecule has 1 aromatic heterocycles. The Balaban J connectivity index is 1.61. The van der Waals surface area contributed by atoms with Gasteiger partial charge in [-0.3, -0.25) is 0 Å². The van der Waals surface area contributed by atoms with E-state index in [0.717, 1.165) is 23.2 Å². The van der Waals surface area contributed by atoms with Crippen LogP contribution in [0.3, 0.4) is 0 Å². The van der Waals surface area contributed by atoms with Crippen LogP contribution in [-0.4, -0.2) is 32.7 Å². The molecule has 0 atom stereocenters. The fourth-order valence-corrected chi connectivity index (χ4v) is 3.13. The molecule has 0 unspecified atom stereocenters. The highest BCUT2D eigenvalue weighted by molar-refractivity contribution is 6.15. The van der Waals surface area contributed by atoms with Crippen molar-refractivity contribution in [2.45, 2.75) is 39.9 Å². The highest BCUT2D eigenvalue weighted by Gasteiger charge is 2.38. The number of ether oxygens (including phenoxy) is 2. The van der Waals surface area contributed by atoms with Gasteiger partial charge < -0.3 is 14.8 Å². The van der Waals surface area contributed by atoms with Crippen LogP contribution in [0.5, 0.6) is 0 Å². The van der Waals surface area contributed by atoms with Gasteiger partial charge in [0.25, 0.3) is 5.79 Å². The van der Waals surface area contributed by atoms with Gasteiger partial charge in [0.15, 0.2) is 5.57 Å². The molecule has 30 heavy (non-hydrogen) atoms. The summed E-state index contributed by atoms with van der Waals surface area (Å²) in [5.41, 5.74) is 4.90. The van der Waals surface area contributed by atoms with Gasteiger partial charge in [-0.25, -0.2) is 9.59 Å². The number of nitrogens with zero attached hydrogens (tertiary/aromatic N) is 3. The third kappa shape index (κ3) is 3.76. The first-order valence-corrected chi connectivity index (χ1v) is 9.66. The second-order valence-electron chi connectivity index (χ2n) is 7.55. The molecule has 1 fully saturated rings. The molecule has 0 aliphatic carbocycles. The van der Waals surface area contributed by atoms with Gasteiger partial charge >= 0.3 is 11.9 Å². The Morgan fingerprint density at radius 3 is 2.23 bits per heavy atom. The van der Waals surface area contributed by atoms with E-state index < -0.39 is 17.7 Å². The molecule has 8 nitrogen and oxygen atoms in total. The van der Waals surface area contributed by atoms with E-state index in [-0.39, 0.29) is 5.57 Å². The smallest absolute Gasteiger partial charge is 0.350 e. The van der Waals surface area contributed by atoms with Crippen molar-refractivity contribution in [1.29, 1.82) is 0 Å². The normalized spacial score (nSPS) is 15.7. The lowest BCUT2D eigenvalue weighted by molar-refractivity contribution is -0.222. The number of esters is 2. The highest BCUT2D eigenvalue weighted by atomic mass is 16.7. The van der Waals surface area contributed by atoms with Crippen LogP contribution in [0.15, 0.2) is 48.2 Å². The predicted octanol–water partition coefficient (Wildman–Crippen LogP) is 3.42. The van der Waals surface area contributed by atoms with Crippen molar-refractivity contribution in [3.63, 3.8) is 0 Å². The zero-order valence-corrected chi connectivity index (χ0v) is 17.2. The summed E-state index contributed by atoms with van der Waals surface area (Å²) >= 11 is 0. The van der Waals surface area contributed by atoms with E-state index in [9.17, 15) is 9.59 Å². The van der Waals surface area contributed by atoms with Gasteiger partial charge in [-0.05, 0) is 48.7 Å². The number of nitrogens with one attached hydrogen (secondary N) is 1. The van der Waals surface area contributed by atoms with Gasteiger partial charge in [0, 0.05) is 25.7 Å². The summed E-state index contributed by atoms with van der Waals surface area (Å²) in [6.45, 7) is 7.01. The number of aryl methyl sites for hydroxylation is 2. The summed E-state index contributed by atoms with van der Waals surface area (Å²) in [5, 5.41) is 12.1. The molecule has 2 aromatic carbocycles. The fourth-order valence-electron chi connectivity index (χ4n) is 3.13. The molecule has 0 bridgehead atoms. The number of fused-ring (bicyclic) bond motifs is 1. The molecular weight excluding hydrogens is 384 g/mol. The molecule has 3 aromatic rings. The standard InChI is InChI=1S/C22H22N4O4/c1-5-14-6-8-15(9-7-14)26-24-18-10-13(2)17(11-19(18)25-26)23-12-16-20(27)29-22(3,4)30-21(16)28/h6-12,23H,5H2,1-4H3. The minimum atomic E-state index is -1.27. The number of cyclic esters (lactones) is 2. The van der Waals surface area contributed by atoms with Crippen LogP contribution in [0.1, 0.15) is 31.9 Å². The minimum Gasteiger partial charge on any atom is -0.419 e. The number of benzene rings is 2. The quantitative estimate of drug-likeness (QED) is 0.403. The molecule has 8 heteroatoms. The van der Waals surface area contributed by atoms with Crippen LogP contribution < -0.4 is 5.32 Å². The molecule has 1 aliphatic heterocycles. The van der Waals surface area contributed by atoms with Crippen LogP contribution in [0.4, 0.5) is 5.69 Å². The Hall–Kier alpha value is -3.68. The summed E-state index contributed by atoms with van der Waals surface area (Å²) in [7, 11) is 0. The average Bonchev–Trinajstić information content (AvgIpc) is 3.09. The van der Waals surface area contributed by atoms with E-state index in [0.29, 0.717) is 11.2 Å². The first kappa shape index (κ1) is 19.6. The van der Waals surface area contributed by atoms with E-state index in [4.69, 9.17) is 9.47 Å². The molecule has 1 aliphatic rings. The van der Waals surface area contributed by atoms with Crippen molar-refractivity contribution in [3.05, 3.63) is 59.3 Å². The third-order valence-corrected chi connectivity index (χ3v) is 4.79. The molecule has 1 N–H and O–H groups in total. The molecule has 154 valence electrons. The van der Waals surface area contributed by atoms with Gasteiger partial charge in [0.2, 0.25) is 0 Å².